The third-order valence-electron chi connectivity index (χ3n) is 1.91. The van der Waals surface area contributed by atoms with Crippen molar-refractivity contribution in [2.24, 2.45) is 0 Å². The fourth-order valence-corrected chi connectivity index (χ4v) is 1.67. The number of alkyl halides is 3. The van der Waals surface area contributed by atoms with Crippen molar-refractivity contribution < 1.29 is 9.90 Å². The predicted molar refractivity (Wildman–Crippen MR) is 63.4 cm³/mol. The summed E-state index contributed by atoms with van der Waals surface area (Å²) in [5.74, 6) is -0.569. The summed E-state index contributed by atoms with van der Waals surface area (Å²) in [4.78, 5) is 13.3. The Morgan fingerprint density at radius 2 is 1.47 bits per heavy atom. The first-order valence-corrected chi connectivity index (χ1v) is 5.79. The molecule has 1 amide bonds. The maximum absolute atomic E-state index is 11.8. The number of halogens is 3. The van der Waals surface area contributed by atoms with Crippen LogP contribution in [-0.4, -0.2) is 37.9 Å². The van der Waals surface area contributed by atoms with Crippen molar-refractivity contribution in [3.63, 3.8) is 0 Å². The fraction of sp³-hybridized carbons (Fsp3) is 0.889. The van der Waals surface area contributed by atoms with Crippen molar-refractivity contribution in [2.75, 3.05) is 0 Å². The molecular formula is C9H16Cl3NO2. The van der Waals surface area contributed by atoms with Gasteiger partial charge in [0.15, 0.2) is 6.10 Å². The van der Waals surface area contributed by atoms with Crippen LogP contribution in [0.2, 0.25) is 0 Å². The van der Waals surface area contributed by atoms with Crippen LogP contribution >= 0.6 is 34.8 Å². The minimum absolute atomic E-state index is 0.0560. The Bertz CT molecular complexity index is 218. The number of amides is 1. The van der Waals surface area contributed by atoms with Gasteiger partial charge in [-0.3, -0.25) is 4.79 Å². The van der Waals surface area contributed by atoms with Crippen molar-refractivity contribution in [3.8, 4) is 0 Å². The van der Waals surface area contributed by atoms with Gasteiger partial charge in [0.1, 0.15) is 0 Å². The van der Waals surface area contributed by atoms with E-state index in [4.69, 9.17) is 34.8 Å². The first-order chi connectivity index (χ1) is 6.59. The minimum atomic E-state index is -1.99. The zero-order chi connectivity index (χ0) is 12.4. The van der Waals surface area contributed by atoms with E-state index in [1.54, 1.807) is 0 Å². The number of rotatable bonds is 3. The maximum atomic E-state index is 11.8. The molecule has 1 atom stereocenters. The number of hydrogen-bond acceptors (Lipinski definition) is 2. The van der Waals surface area contributed by atoms with Gasteiger partial charge in [-0.15, -0.1) is 0 Å². The molecule has 0 spiro atoms. The molecule has 0 aliphatic heterocycles. The van der Waals surface area contributed by atoms with Gasteiger partial charge in [0.2, 0.25) is 3.79 Å². The summed E-state index contributed by atoms with van der Waals surface area (Å²) in [6, 6.07) is -0.112. The lowest BCUT2D eigenvalue weighted by molar-refractivity contribution is -0.143. The lowest BCUT2D eigenvalue weighted by Gasteiger charge is -2.34. The average Bonchev–Trinajstić information content (AvgIpc) is 1.99. The van der Waals surface area contributed by atoms with Crippen LogP contribution in [0.5, 0.6) is 0 Å². The lowest BCUT2D eigenvalue weighted by atomic mass is 10.2. The third kappa shape index (κ3) is 4.35. The molecule has 3 nitrogen and oxygen atoms in total. The normalized spacial score (nSPS) is 14.5. The van der Waals surface area contributed by atoms with Gasteiger partial charge >= 0.3 is 0 Å². The van der Waals surface area contributed by atoms with Crippen LogP contribution in [0.25, 0.3) is 0 Å². The first kappa shape index (κ1) is 15.3. The highest BCUT2D eigenvalue weighted by Gasteiger charge is 2.40. The van der Waals surface area contributed by atoms with Gasteiger partial charge < -0.3 is 10.0 Å². The number of carbonyl (C=O) groups is 1. The van der Waals surface area contributed by atoms with E-state index in [2.05, 4.69) is 0 Å². The molecule has 1 N–H and O–H groups in total. The minimum Gasteiger partial charge on any atom is -0.379 e. The smallest absolute Gasteiger partial charge is 0.256 e. The van der Waals surface area contributed by atoms with E-state index in [1.165, 1.54) is 4.90 Å². The van der Waals surface area contributed by atoms with Gasteiger partial charge in [-0.2, -0.15) is 0 Å². The van der Waals surface area contributed by atoms with Gasteiger partial charge in [0.25, 0.3) is 5.91 Å². The molecule has 0 saturated heterocycles. The predicted octanol–water partition coefficient (Wildman–Crippen LogP) is 2.36. The molecule has 6 heteroatoms. The third-order valence-corrected chi connectivity index (χ3v) is 2.53. The number of carbonyl (C=O) groups excluding carboxylic acids is 1. The molecule has 15 heavy (non-hydrogen) atoms. The number of aliphatic hydroxyl groups excluding tert-OH is 1. The van der Waals surface area contributed by atoms with Crippen molar-refractivity contribution >= 4 is 40.7 Å². The van der Waals surface area contributed by atoms with Crippen LogP contribution in [0.1, 0.15) is 27.7 Å². The van der Waals surface area contributed by atoms with E-state index in [0.29, 0.717) is 0 Å². The summed E-state index contributed by atoms with van der Waals surface area (Å²) >= 11 is 16.4. The van der Waals surface area contributed by atoms with E-state index in [-0.39, 0.29) is 12.1 Å². The van der Waals surface area contributed by atoms with Gasteiger partial charge in [-0.1, -0.05) is 34.8 Å². The molecule has 90 valence electrons. The van der Waals surface area contributed by atoms with Crippen molar-refractivity contribution in [1.82, 2.24) is 4.90 Å². The highest BCUT2D eigenvalue weighted by atomic mass is 35.6. The molecule has 0 aromatic heterocycles. The summed E-state index contributed by atoms with van der Waals surface area (Å²) in [5.41, 5.74) is 0. The molecule has 0 radical (unpaired) electrons. The summed E-state index contributed by atoms with van der Waals surface area (Å²) < 4.78 is -1.99. The number of aliphatic hydroxyl groups is 1. The lowest BCUT2D eigenvalue weighted by Crippen LogP contribution is -2.50. The molecule has 1 unspecified atom stereocenters. The second kappa shape index (κ2) is 5.58. The highest BCUT2D eigenvalue weighted by Crippen LogP contribution is 2.31. The highest BCUT2D eigenvalue weighted by molar-refractivity contribution is 6.68. The van der Waals surface area contributed by atoms with Crippen LogP contribution in [0.4, 0.5) is 0 Å². The van der Waals surface area contributed by atoms with E-state index < -0.39 is 15.8 Å². The molecule has 0 aromatic carbocycles. The summed E-state index contributed by atoms with van der Waals surface area (Å²) in [7, 11) is 0. The Morgan fingerprint density at radius 3 is 1.67 bits per heavy atom. The average molecular weight is 277 g/mol. The summed E-state index contributed by atoms with van der Waals surface area (Å²) in [5, 5.41) is 9.54. The molecule has 0 aliphatic carbocycles. The Kier molecular flexibility index (Phi) is 5.69. The van der Waals surface area contributed by atoms with E-state index in [0.717, 1.165) is 0 Å². The van der Waals surface area contributed by atoms with E-state index in [1.807, 2.05) is 27.7 Å². The maximum Gasteiger partial charge on any atom is 0.256 e. The van der Waals surface area contributed by atoms with Gasteiger partial charge in [0, 0.05) is 12.1 Å². The van der Waals surface area contributed by atoms with Gasteiger partial charge in [0.05, 0.1) is 0 Å². The van der Waals surface area contributed by atoms with Crippen LogP contribution in [-0.2, 0) is 4.79 Å². The van der Waals surface area contributed by atoms with Crippen LogP contribution in [0.3, 0.4) is 0 Å². The molecule has 0 aromatic rings. The van der Waals surface area contributed by atoms with Crippen LogP contribution in [0, 0.1) is 0 Å². The second-order valence-electron chi connectivity index (χ2n) is 3.88. The van der Waals surface area contributed by atoms with E-state index in [9.17, 15) is 9.90 Å². The van der Waals surface area contributed by atoms with Gasteiger partial charge in [-0.25, -0.2) is 0 Å². The second-order valence-corrected chi connectivity index (χ2v) is 6.25. The topological polar surface area (TPSA) is 40.5 Å². The standard InChI is InChI=1S/C9H16Cl3NO2/c1-5(2)13(6(3)4)8(15)7(14)9(10,11)12/h5-7,14H,1-4H3. The summed E-state index contributed by atoms with van der Waals surface area (Å²) in [6.45, 7) is 7.35. The zero-order valence-corrected chi connectivity index (χ0v) is 11.4. The van der Waals surface area contributed by atoms with Crippen molar-refractivity contribution in [3.05, 3.63) is 0 Å². The van der Waals surface area contributed by atoms with Crippen LogP contribution < -0.4 is 0 Å². The van der Waals surface area contributed by atoms with Gasteiger partial charge in [-0.05, 0) is 27.7 Å². The Hall–Kier alpha value is 0.300. The molecule has 0 aliphatic rings. The molecule has 0 bridgehead atoms. The molecule has 0 heterocycles. The fourth-order valence-electron chi connectivity index (χ4n) is 1.39. The number of nitrogens with zero attached hydrogens (tertiary/aromatic N) is 1. The van der Waals surface area contributed by atoms with Crippen LogP contribution in [0.15, 0.2) is 0 Å². The SMILES string of the molecule is CC(C)N(C(=O)C(O)C(Cl)(Cl)Cl)C(C)C. The molecule has 0 saturated carbocycles. The Labute approximate surface area is 105 Å². The number of hydrogen-bond donors (Lipinski definition) is 1. The first-order valence-electron chi connectivity index (χ1n) is 4.66. The Morgan fingerprint density at radius 1 is 1.13 bits per heavy atom. The molecule has 0 fully saturated rings. The van der Waals surface area contributed by atoms with E-state index >= 15 is 0 Å². The monoisotopic (exact) mass is 275 g/mol. The summed E-state index contributed by atoms with van der Waals surface area (Å²) in [6.07, 6.45) is -1.63. The quantitative estimate of drug-likeness (QED) is 0.804. The van der Waals surface area contributed by atoms with Crippen molar-refractivity contribution in [2.45, 2.75) is 49.7 Å². The molecule has 0 rings (SSSR count). The van der Waals surface area contributed by atoms with Crippen molar-refractivity contribution in [1.29, 1.82) is 0 Å². The largest absolute Gasteiger partial charge is 0.379 e. The molecular weight excluding hydrogens is 260 g/mol. The Balaban J connectivity index is 4.81. The zero-order valence-electron chi connectivity index (χ0n) is 9.17.